The van der Waals surface area contributed by atoms with Crippen LogP contribution in [-0.2, 0) is 16.6 Å². The molecule has 0 fully saturated rings. The van der Waals surface area contributed by atoms with E-state index in [1.54, 1.807) is 43.5 Å². The first-order valence-corrected chi connectivity index (χ1v) is 9.61. The van der Waals surface area contributed by atoms with Crippen LogP contribution in [0.25, 0.3) is 6.08 Å². The van der Waals surface area contributed by atoms with Crippen molar-refractivity contribution in [2.75, 3.05) is 20.3 Å². The van der Waals surface area contributed by atoms with Crippen LogP contribution in [-0.4, -0.2) is 33.0 Å². The Balaban J connectivity index is 1.71. The fourth-order valence-corrected chi connectivity index (χ4v) is 3.37. The van der Waals surface area contributed by atoms with E-state index in [-0.39, 0.29) is 6.54 Å². The van der Waals surface area contributed by atoms with Crippen molar-refractivity contribution in [2.24, 2.45) is 0 Å². The van der Waals surface area contributed by atoms with Gasteiger partial charge in [0.15, 0.2) is 11.5 Å². The van der Waals surface area contributed by atoms with Gasteiger partial charge in [0.1, 0.15) is 13.2 Å². The summed E-state index contributed by atoms with van der Waals surface area (Å²) in [6.45, 7) is 1.26. The SMILES string of the molecule is CN(Cc1ccc2c(c1)OCCO2)S(=O)(=O)/C=C/c1ccc(Cl)cc1. The van der Waals surface area contributed by atoms with Crippen molar-refractivity contribution in [3.63, 3.8) is 0 Å². The smallest absolute Gasteiger partial charge is 0.236 e. The van der Waals surface area contributed by atoms with E-state index in [0.29, 0.717) is 29.7 Å². The van der Waals surface area contributed by atoms with Crippen LogP contribution in [0.2, 0.25) is 5.02 Å². The Kier molecular flexibility index (Phi) is 5.32. The normalized spacial score (nSPS) is 14.2. The van der Waals surface area contributed by atoms with Crippen LogP contribution in [0.15, 0.2) is 47.9 Å². The molecule has 0 atom stereocenters. The Morgan fingerprint density at radius 3 is 2.48 bits per heavy atom. The van der Waals surface area contributed by atoms with Crippen LogP contribution in [0.5, 0.6) is 11.5 Å². The molecule has 2 aromatic rings. The van der Waals surface area contributed by atoms with Crippen molar-refractivity contribution in [2.45, 2.75) is 6.54 Å². The van der Waals surface area contributed by atoms with Gasteiger partial charge >= 0.3 is 0 Å². The van der Waals surface area contributed by atoms with Gasteiger partial charge in [0.05, 0.1) is 0 Å². The number of rotatable bonds is 5. The van der Waals surface area contributed by atoms with Crippen LogP contribution >= 0.6 is 11.6 Å². The van der Waals surface area contributed by atoms with E-state index in [0.717, 1.165) is 11.1 Å². The van der Waals surface area contributed by atoms with Gasteiger partial charge in [-0.1, -0.05) is 29.8 Å². The first-order valence-electron chi connectivity index (χ1n) is 7.72. The molecule has 132 valence electrons. The molecule has 0 spiro atoms. The zero-order chi connectivity index (χ0) is 17.9. The van der Waals surface area contributed by atoms with Crippen LogP contribution in [0.1, 0.15) is 11.1 Å². The van der Waals surface area contributed by atoms with Crippen molar-refractivity contribution in [3.05, 3.63) is 64.0 Å². The van der Waals surface area contributed by atoms with Crippen molar-refractivity contribution < 1.29 is 17.9 Å². The molecule has 7 heteroatoms. The van der Waals surface area contributed by atoms with E-state index >= 15 is 0 Å². The van der Waals surface area contributed by atoms with Gasteiger partial charge < -0.3 is 9.47 Å². The molecule has 3 rings (SSSR count). The summed E-state index contributed by atoms with van der Waals surface area (Å²) in [5, 5.41) is 1.80. The first kappa shape index (κ1) is 17.8. The second-order valence-electron chi connectivity index (χ2n) is 5.63. The molecule has 5 nitrogen and oxygen atoms in total. The number of sulfonamides is 1. The highest BCUT2D eigenvalue weighted by Gasteiger charge is 2.17. The van der Waals surface area contributed by atoms with Crippen molar-refractivity contribution in [3.8, 4) is 11.5 Å². The lowest BCUT2D eigenvalue weighted by Gasteiger charge is -2.20. The van der Waals surface area contributed by atoms with Gasteiger partial charge in [0.25, 0.3) is 0 Å². The van der Waals surface area contributed by atoms with Gasteiger partial charge in [-0.25, -0.2) is 8.42 Å². The molecule has 0 radical (unpaired) electrons. The summed E-state index contributed by atoms with van der Waals surface area (Å²) < 4.78 is 37.1. The van der Waals surface area contributed by atoms with Gasteiger partial charge in [0.2, 0.25) is 10.0 Å². The fraction of sp³-hybridized carbons (Fsp3) is 0.222. The minimum atomic E-state index is -3.54. The summed E-state index contributed by atoms with van der Waals surface area (Å²) >= 11 is 5.82. The van der Waals surface area contributed by atoms with Gasteiger partial charge in [-0.3, -0.25) is 0 Å². The molecule has 1 heterocycles. The summed E-state index contributed by atoms with van der Waals surface area (Å²) in [4.78, 5) is 0. The molecule has 0 aromatic heterocycles. The summed E-state index contributed by atoms with van der Waals surface area (Å²) in [7, 11) is -2.00. The summed E-state index contributed by atoms with van der Waals surface area (Å²) in [5.41, 5.74) is 1.59. The second kappa shape index (κ2) is 7.47. The number of hydrogen-bond donors (Lipinski definition) is 0. The molecule has 0 aliphatic carbocycles. The van der Waals surface area contributed by atoms with E-state index in [4.69, 9.17) is 21.1 Å². The van der Waals surface area contributed by atoms with E-state index < -0.39 is 10.0 Å². The maximum absolute atomic E-state index is 12.4. The molecular formula is C18H18ClNO4S. The Hall–Kier alpha value is -2.02. The number of nitrogens with zero attached hydrogens (tertiary/aromatic N) is 1. The van der Waals surface area contributed by atoms with Crippen LogP contribution < -0.4 is 9.47 Å². The number of halogens is 1. The Labute approximate surface area is 152 Å². The van der Waals surface area contributed by atoms with Gasteiger partial charge in [-0.15, -0.1) is 0 Å². The summed E-state index contributed by atoms with van der Waals surface area (Å²) in [6, 6.07) is 12.4. The second-order valence-corrected chi connectivity index (χ2v) is 8.00. The molecule has 25 heavy (non-hydrogen) atoms. The topological polar surface area (TPSA) is 55.8 Å². The van der Waals surface area contributed by atoms with Gasteiger partial charge in [-0.05, 0) is 41.5 Å². The summed E-state index contributed by atoms with van der Waals surface area (Å²) in [6.07, 6.45) is 1.55. The van der Waals surface area contributed by atoms with E-state index in [1.165, 1.54) is 9.71 Å². The number of fused-ring (bicyclic) bond motifs is 1. The molecule has 0 bridgehead atoms. The third kappa shape index (κ3) is 4.54. The molecule has 0 amide bonds. The first-order chi connectivity index (χ1) is 11.9. The van der Waals surface area contributed by atoms with Gasteiger partial charge in [-0.2, -0.15) is 4.31 Å². The molecule has 0 N–H and O–H groups in total. The monoisotopic (exact) mass is 379 g/mol. The number of benzene rings is 2. The highest BCUT2D eigenvalue weighted by Crippen LogP contribution is 2.31. The highest BCUT2D eigenvalue weighted by molar-refractivity contribution is 7.92. The third-order valence-corrected chi connectivity index (χ3v) is 5.48. The lowest BCUT2D eigenvalue weighted by Crippen LogP contribution is -2.24. The minimum absolute atomic E-state index is 0.240. The van der Waals surface area contributed by atoms with Gasteiger partial charge in [0, 0.05) is 24.0 Å². The lowest BCUT2D eigenvalue weighted by atomic mass is 10.2. The van der Waals surface area contributed by atoms with E-state index in [9.17, 15) is 8.42 Å². The molecule has 0 saturated heterocycles. The Morgan fingerprint density at radius 1 is 1.08 bits per heavy atom. The molecule has 1 aliphatic heterocycles. The Morgan fingerprint density at radius 2 is 1.76 bits per heavy atom. The number of hydrogen-bond acceptors (Lipinski definition) is 4. The molecule has 2 aromatic carbocycles. The predicted molar refractivity (Wildman–Crippen MR) is 98.3 cm³/mol. The average molecular weight is 380 g/mol. The minimum Gasteiger partial charge on any atom is -0.486 e. The molecular weight excluding hydrogens is 362 g/mol. The van der Waals surface area contributed by atoms with Crippen molar-refractivity contribution in [1.29, 1.82) is 0 Å². The maximum Gasteiger partial charge on any atom is 0.236 e. The maximum atomic E-state index is 12.4. The highest BCUT2D eigenvalue weighted by atomic mass is 35.5. The molecule has 1 aliphatic rings. The van der Waals surface area contributed by atoms with E-state index in [1.807, 2.05) is 12.1 Å². The summed E-state index contributed by atoms with van der Waals surface area (Å²) in [5.74, 6) is 1.33. The van der Waals surface area contributed by atoms with Crippen molar-refractivity contribution in [1.82, 2.24) is 4.31 Å². The van der Waals surface area contributed by atoms with Crippen LogP contribution in [0.3, 0.4) is 0 Å². The fourth-order valence-electron chi connectivity index (χ4n) is 2.38. The standard InChI is InChI=1S/C18H18ClNO4S/c1-20(13-15-4-7-17-18(12-15)24-10-9-23-17)25(21,22)11-8-14-2-5-16(19)6-3-14/h2-8,11-12H,9-10,13H2,1H3/b11-8+. The number of ether oxygens (including phenoxy) is 2. The quantitative estimate of drug-likeness (QED) is 0.797. The zero-order valence-corrected chi connectivity index (χ0v) is 15.3. The van der Waals surface area contributed by atoms with E-state index in [2.05, 4.69) is 0 Å². The largest absolute Gasteiger partial charge is 0.486 e. The lowest BCUT2D eigenvalue weighted by molar-refractivity contribution is 0.171. The average Bonchev–Trinajstić information content (AvgIpc) is 2.61. The zero-order valence-electron chi connectivity index (χ0n) is 13.7. The molecule has 0 saturated carbocycles. The Bertz CT molecular complexity index is 878. The van der Waals surface area contributed by atoms with Crippen LogP contribution in [0, 0.1) is 0 Å². The predicted octanol–water partition coefficient (Wildman–Crippen LogP) is 3.54. The third-order valence-electron chi connectivity index (χ3n) is 3.75. The molecule has 0 unspecified atom stereocenters. The van der Waals surface area contributed by atoms with Crippen LogP contribution in [0.4, 0.5) is 0 Å². The van der Waals surface area contributed by atoms with Crippen molar-refractivity contribution >= 4 is 27.7 Å².